The van der Waals surface area contributed by atoms with Gasteiger partial charge < -0.3 is 11.1 Å². The van der Waals surface area contributed by atoms with Gasteiger partial charge in [0.2, 0.25) is 0 Å². The maximum Gasteiger partial charge on any atom is 0.147 e. The molecule has 0 saturated heterocycles. The van der Waals surface area contributed by atoms with E-state index in [1.54, 1.807) is 6.07 Å². The van der Waals surface area contributed by atoms with Crippen LogP contribution in [-0.4, -0.2) is 4.98 Å². The Morgan fingerprint density at radius 3 is 2.42 bits per heavy atom. The fourth-order valence-electron chi connectivity index (χ4n) is 1.73. The normalized spacial score (nSPS) is 12.2. The zero-order valence-corrected chi connectivity index (χ0v) is 12.3. The van der Waals surface area contributed by atoms with E-state index in [9.17, 15) is 0 Å². The number of benzene rings is 1. The van der Waals surface area contributed by atoms with Crippen LogP contribution in [0, 0.1) is 6.92 Å². The van der Waals surface area contributed by atoms with E-state index >= 15 is 0 Å². The van der Waals surface area contributed by atoms with Crippen molar-refractivity contribution in [1.82, 2.24) is 4.98 Å². The maximum absolute atomic E-state index is 6.09. The van der Waals surface area contributed by atoms with E-state index in [0.717, 1.165) is 5.56 Å². The molecule has 0 spiro atoms. The highest BCUT2D eigenvalue weighted by Crippen LogP contribution is 2.29. The molecular weight excluding hydrogens is 281 g/mol. The number of hydrogen-bond donors (Lipinski definition) is 2. The number of nitrogens with one attached hydrogen (secondary N) is 1. The van der Waals surface area contributed by atoms with Crippen molar-refractivity contribution in [2.24, 2.45) is 0 Å². The number of halogens is 2. The highest BCUT2D eigenvalue weighted by molar-refractivity contribution is 6.37. The van der Waals surface area contributed by atoms with Gasteiger partial charge in [0.05, 0.1) is 10.0 Å². The van der Waals surface area contributed by atoms with E-state index in [0.29, 0.717) is 15.9 Å². The minimum atomic E-state index is 0.0752. The number of pyridine rings is 1. The zero-order chi connectivity index (χ0) is 14.0. The lowest BCUT2D eigenvalue weighted by Crippen LogP contribution is -2.09. The lowest BCUT2D eigenvalue weighted by molar-refractivity contribution is 0.875. The number of nitrogens with two attached hydrogens (primary N) is 1. The molecule has 2 rings (SSSR count). The second kappa shape index (κ2) is 5.68. The van der Waals surface area contributed by atoms with Gasteiger partial charge in [0.15, 0.2) is 0 Å². The minimum Gasteiger partial charge on any atom is -0.382 e. The first-order chi connectivity index (χ1) is 8.97. The van der Waals surface area contributed by atoms with Crippen LogP contribution in [0.2, 0.25) is 10.0 Å². The van der Waals surface area contributed by atoms with Gasteiger partial charge in [-0.15, -0.1) is 0 Å². The summed E-state index contributed by atoms with van der Waals surface area (Å²) in [6, 6.07) is 9.94. The predicted octanol–water partition coefficient (Wildman–Crippen LogP) is 4.45. The topological polar surface area (TPSA) is 50.9 Å². The van der Waals surface area contributed by atoms with Crippen LogP contribution in [-0.2, 0) is 0 Å². The molecule has 3 N–H and O–H groups in total. The average molecular weight is 296 g/mol. The molecule has 0 aliphatic heterocycles. The third-order valence-electron chi connectivity index (χ3n) is 2.89. The molecule has 100 valence electrons. The average Bonchev–Trinajstić information content (AvgIpc) is 2.36. The molecular formula is C14H15Cl2N3. The summed E-state index contributed by atoms with van der Waals surface area (Å²) in [6.07, 6.45) is 0. The number of aryl methyl sites for hydroxylation is 1. The molecule has 1 heterocycles. The number of nitrogens with zero attached hydrogens (tertiary/aromatic N) is 1. The van der Waals surface area contributed by atoms with Gasteiger partial charge >= 0.3 is 0 Å². The molecule has 0 amide bonds. The largest absolute Gasteiger partial charge is 0.382 e. The number of rotatable bonds is 3. The van der Waals surface area contributed by atoms with Crippen molar-refractivity contribution in [3.63, 3.8) is 0 Å². The molecule has 0 aliphatic rings. The number of anilines is 2. The third-order valence-corrected chi connectivity index (χ3v) is 3.48. The summed E-state index contributed by atoms with van der Waals surface area (Å²) in [7, 11) is 0. The smallest absolute Gasteiger partial charge is 0.147 e. The van der Waals surface area contributed by atoms with Crippen molar-refractivity contribution < 1.29 is 0 Å². The SMILES string of the molecule is Cc1ccc(C(C)Nc2nc(N)c(Cl)cc2Cl)cc1. The minimum absolute atomic E-state index is 0.0752. The van der Waals surface area contributed by atoms with Gasteiger partial charge in [-0.1, -0.05) is 53.0 Å². The van der Waals surface area contributed by atoms with E-state index < -0.39 is 0 Å². The molecule has 19 heavy (non-hydrogen) atoms. The molecule has 1 aromatic heterocycles. The Labute approximate surface area is 122 Å². The molecule has 5 heteroatoms. The van der Waals surface area contributed by atoms with Gasteiger partial charge in [-0.3, -0.25) is 0 Å². The number of aromatic nitrogens is 1. The fourth-order valence-corrected chi connectivity index (χ4v) is 2.14. The Kier molecular flexibility index (Phi) is 4.17. The van der Waals surface area contributed by atoms with E-state index in [2.05, 4.69) is 41.5 Å². The van der Waals surface area contributed by atoms with Crippen molar-refractivity contribution in [2.75, 3.05) is 11.1 Å². The van der Waals surface area contributed by atoms with E-state index in [4.69, 9.17) is 28.9 Å². The van der Waals surface area contributed by atoms with Crippen molar-refractivity contribution in [1.29, 1.82) is 0 Å². The Bertz CT molecular complexity index is 582. The summed E-state index contributed by atoms with van der Waals surface area (Å²) in [6.45, 7) is 4.09. The molecule has 1 atom stereocenters. The predicted molar refractivity (Wildman–Crippen MR) is 81.9 cm³/mol. The second-order valence-corrected chi connectivity index (χ2v) is 5.28. The lowest BCUT2D eigenvalue weighted by atomic mass is 10.1. The standard InChI is InChI=1S/C14H15Cl2N3/c1-8-3-5-10(6-4-8)9(2)18-14-12(16)7-11(15)13(17)19-14/h3-7,9H,1-2H3,(H3,17,18,19). The summed E-state index contributed by atoms with van der Waals surface area (Å²) >= 11 is 12.0. The van der Waals surface area contributed by atoms with Crippen molar-refractivity contribution >= 4 is 34.8 Å². The first kappa shape index (κ1) is 14.0. The van der Waals surface area contributed by atoms with E-state index in [1.165, 1.54) is 5.56 Å². The van der Waals surface area contributed by atoms with Crippen LogP contribution in [0.3, 0.4) is 0 Å². The van der Waals surface area contributed by atoms with Crippen molar-refractivity contribution in [3.8, 4) is 0 Å². The van der Waals surface area contributed by atoms with E-state index in [-0.39, 0.29) is 11.9 Å². The molecule has 0 bridgehead atoms. The fraction of sp³-hybridized carbons (Fsp3) is 0.214. The van der Waals surface area contributed by atoms with Gasteiger partial charge in [-0.25, -0.2) is 4.98 Å². The molecule has 0 radical (unpaired) electrons. The van der Waals surface area contributed by atoms with Crippen LogP contribution in [0.1, 0.15) is 24.1 Å². The lowest BCUT2D eigenvalue weighted by Gasteiger charge is -2.16. The molecule has 0 aliphatic carbocycles. The van der Waals surface area contributed by atoms with Crippen LogP contribution in [0.25, 0.3) is 0 Å². The van der Waals surface area contributed by atoms with Gasteiger partial charge in [0.1, 0.15) is 11.6 Å². The summed E-state index contributed by atoms with van der Waals surface area (Å²) in [5, 5.41) is 4.05. The summed E-state index contributed by atoms with van der Waals surface area (Å²) < 4.78 is 0. The Morgan fingerprint density at radius 2 is 1.79 bits per heavy atom. The van der Waals surface area contributed by atoms with Gasteiger partial charge in [0, 0.05) is 6.04 Å². The Hall–Kier alpha value is -1.45. The molecule has 1 aromatic carbocycles. The van der Waals surface area contributed by atoms with Crippen molar-refractivity contribution in [3.05, 3.63) is 51.5 Å². The molecule has 0 saturated carbocycles. The number of nitrogen functional groups attached to an aromatic ring is 1. The van der Waals surface area contributed by atoms with Gasteiger partial charge in [-0.2, -0.15) is 0 Å². The Balaban J connectivity index is 2.21. The molecule has 2 aromatic rings. The first-order valence-corrected chi connectivity index (χ1v) is 6.67. The summed E-state index contributed by atoms with van der Waals surface area (Å²) in [4.78, 5) is 4.16. The molecule has 3 nitrogen and oxygen atoms in total. The van der Waals surface area contributed by atoms with Crippen molar-refractivity contribution in [2.45, 2.75) is 19.9 Å². The Morgan fingerprint density at radius 1 is 1.16 bits per heavy atom. The molecule has 0 fully saturated rings. The highest BCUT2D eigenvalue weighted by Gasteiger charge is 2.11. The van der Waals surface area contributed by atoms with E-state index in [1.807, 2.05) is 6.92 Å². The second-order valence-electron chi connectivity index (χ2n) is 4.46. The molecule has 1 unspecified atom stereocenters. The summed E-state index contributed by atoms with van der Waals surface area (Å²) in [5.41, 5.74) is 8.06. The zero-order valence-electron chi connectivity index (χ0n) is 10.7. The van der Waals surface area contributed by atoms with Crippen LogP contribution in [0.5, 0.6) is 0 Å². The third kappa shape index (κ3) is 3.31. The maximum atomic E-state index is 6.09. The monoisotopic (exact) mass is 295 g/mol. The highest BCUT2D eigenvalue weighted by atomic mass is 35.5. The van der Waals surface area contributed by atoms with Crippen LogP contribution < -0.4 is 11.1 Å². The summed E-state index contributed by atoms with van der Waals surface area (Å²) in [5.74, 6) is 0.807. The van der Waals surface area contributed by atoms with Crippen LogP contribution >= 0.6 is 23.2 Å². The number of hydrogen-bond acceptors (Lipinski definition) is 3. The van der Waals surface area contributed by atoms with Gasteiger partial charge in [-0.05, 0) is 25.5 Å². The van der Waals surface area contributed by atoms with Crippen LogP contribution in [0.15, 0.2) is 30.3 Å². The first-order valence-electron chi connectivity index (χ1n) is 5.92. The van der Waals surface area contributed by atoms with Gasteiger partial charge in [0.25, 0.3) is 0 Å². The quantitative estimate of drug-likeness (QED) is 0.879. The van der Waals surface area contributed by atoms with Crippen LogP contribution in [0.4, 0.5) is 11.6 Å².